The molecule has 1 saturated heterocycles. The number of carboxylic acids is 1. The number of carbonyl (C=O) groups is 2. The predicted octanol–water partition coefficient (Wildman–Crippen LogP) is 2.31. The van der Waals surface area contributed by atoms with Crippen molar-refractivity contribution in [2.75, 3.05) is 29.9 Å². The van der Waals surface area contributed by atoms with Gasteiger partial charge in [0.15, 0.2) is 0 Å². The van der Waals surface area contributed by atoms with Crippen molar-refractivity contribution < 1.29 is 23.1 Å². The quantitative estimate of drug-likeness (QED) is 0.269. The van der Waals surface area contributed by atoms with E-state index in [0.717, 1.165) is 38.2 Å². The first-order valence-corrected chi connectivity index (χ1v) is 13.7. The Morgan fingerprint density at radius 3 is 2.39 bits per heavy atom. The van der Waals surface area contributed by atoms with Gasteiger partial charge in [-0.1, -0.05) is 24.3 Å². The molecule has 0 radical (unpaired) electrons. The van der Waals surface area contributed by atoms with Crippen LogP contribution in [0, 0.1) is 5.92 Å². The predicted molar refractivity (Wildman–Crippen MR) is 142 cm³/mol. The van der Waals surface area contributed by atoms with Crippen LogP contribution in [0.25, 0.3) is 0 Å². The topological polar surface area (TPSA) is 154 Å². The van der Waals surface area contributed by atoms with Crippen LogP contribution in [0.4, 0.5) is 11.6 Å². The number of rotatable bonds is 11. The van der Waals surface area contributed by atoms with Gasteiger partial charge >= 0.3 is 5.97 Å². The summed E-state index contributed by atoms with van der Waals surface area (Å²) in [5, 5.41) is 15.0. The highest BCUT2D eigenvalue weighted by atomic mass is 32.2. The molecule has 4 rings (SSSR count). The van der Waals surface area contributed by atoms with E-state index in [1.54, 1.807) is 54.9 Å². The third kappa shape index (κ3) is 7.49. The number of benzene rings is 2. The summed E-state index contributed by atoms with van der Waals surface area (Å²) in [6.45, 7) is 2.40. The van der Waals surface area contributed by atoms with Crippen molar-refractivity contribution in [2.24, 2.45) is 5.92 Å². The molecule has 2 heterocycles. The fourth-order valence-corrected chi connectivity index (χ4v) is 5.43. The number of sulfonamides is 1. The van der Waals surface area contributed by atoms with E-state index in [4.69, 9.17) is 0 Å². The van der Waals surface area contributed by atoms with Gasteiger partial charge in [-0.05, 0) is 55.2 Å². The van der Waals surface area contributed by atoms with E-state index in [-0.39, 0.29) is 4.90 Å². The standard InChI is InChI=1S/C26H30N6O5S/c33-24(34)17-23(31-38(36,37)22-8-2-1-3-9-22)30-25(35)20-6-4-7-21(16-20)32-14-10-19(11-15-32)18-29-26-27-12-5-13-28-26/h1-9,12-13,16,19,23,31H,10-11,14-15,17-18H2,(H,30,35)(H,33,34)(H,27,28,29). The van der Waals surface area contributed by atoms with E-state index in [1.807, 2.05) is 6.07 Å². The molecule has 0 spiro atoms. The average molecular weight is 539 g/mol. The van der Waals surface area contributed by atoms with Crippen molar-refractivity contribution in [3.05, 3.63) is 78.6 Å². The van der Waals surface area contributed by atoms with Crippen LogP contribution >= 0.6 is 0 Å². The number of carbonyl (C=O) groups excluding carboxylic acids is 1. The maximum Gasteiger partial charge on any atom is 0.306 e. The number of hydrogen-bond acceptors (Lipinski definition) is 8. The van der Waals surface area contributed by atoms with Crippen molar-refractivity contribution in [1.82, 2.24) is 20.0 Å². The highest BCUT2D eigenvalue weighted by molar-refractivity contribution is 7.89. The largest absolute Gasteiger partial charge is 0.481 e. The number of aromatic nitrogens is 2. The number of nitrogens with one attached hydrogen (secondary N) is 3. The van der Waals surface area contributed by atoms with E-state index >= 15 is 0 Å². The van der Waals surface area contributed by atoms with Crippen LogP contribution in [0.5, 0.6) is 0 Å². The Balaban J connectivity index is 1.36. The Kier molecular flexibility index (Phi) is 8.87. The molecule has 12 heteroatoms. The van der Waals surface area contributed by atoms with Crippen LogP contribution in [0.2, 0.25) is 0 Å². The van der Waals surface area contributed by atoms with E-state index < -0.39 is 34.5 Å². The van der Waals surface area contributed by atoms with Gasteiger partial charge in [0.05, 0.1) is 11.3 Å². The van der Waals surface area contributed by atoms with Crippen LogP contribution in [0.3, 0.4) is 0 Å². The molecule has 200 valence electrons. The average Bonchev–Trinajstić information content (AvgIpc) is 2.93. The Labute approximate surface area is 221 Å². The molecule has 1 aromatic heterocycles. The zero-order valence-corrected chi connectivity index (χ0v) is 21.5. The maximum atomic E-state index is 13.0. The molecule has 38 heavy (non-hydrogen) atoms. The Morgan fingerprint density at radius 2 is 1.71 bits per heavy atom. The molecule has 0 saturated carbocycles. The minimum absolute atomic E-state index is 0.0264. The maximum absolute atomic E-state index is 13.0. The molecule has 0 aliphatic carbocycles. The van der Waals surface area contributed by atoms with Gasteiger partial charge in [-0.15, -0.1) is 0 Å². The molecule has 0 bridgehead atoms. The van der Waals surface area contributed by atoms with E-state index in [9.17, 15) is 23.1 Å². The zero-order chi connectivity index (χ0) is 27.0. The smallest absolute Gasteiger partial charge is 0.306 e. The second-order valence-electron chi connectivity index (χ2n) is 8.99. The lowest BCUT2D eigenvalue weighted by molar-refractivity contribution is -0.137. The second kappa shape index (κ2) is 12.5. The summed E-state index contributed by atoms with van der Waals surface area (Å²) in [6.07, 6.45) is 3.36. The molecule has 4 N–H and O–H groups in total. The van der Waals surface area contributed by atoms with Crippen LogP contribution in [-0.4, -0.2) is 61.2 Å². The van der Waals surface area contributed by atoms with Crippen LogP contribution < -0.4 is 20.3 Å². The zero-order valence-electron chi connectivity index (χ0n) is 20.7. The van der Waals surface area contributed by atoms with Crippen molar-refractivity contribution in [3.63, 3.8) is 0 Å². The second-order valence-corrected chi connectivity index (χ2v) is 10.7. The summed E-state index contributed by atoms with van der Waals surface area (Å²) in [4.78, 5) is 34.9. The van der Waals surface area contributed by atoms with Crippen LogP contribution in [0.15, 0.2) is 78.0 Å². The molecule has 1 aliphatic heterocycles. The Bertz CT molecular complexity index is 1330. The number of anilines is 2. The van der Waals surface area contributed by atoms with Gasteiger partial charge in [0, 0.05) is 43.3 Å². The van der Waals surface area contributed by atoms with Crippen molar-refractivity contribution in [1.29, 1.82) is 0 Å². The van der Waals surface area contributed by atoms with Crippen LogP contribution in [-0.2, 0) is 14.8 Å². The number of aliphatic carboxylic acids is 1. The first-order valence-electron chi connectivity index (χ1n) is 12.3. The molecule has 1 fully saturated rings. The highest BCUT2D eigenvalue weighted by Gasteiger charge is 2.25. The highest BCUT2D eigenvalue weighted by Crippen LogP contribution is 2.24. The number of nitrogens with zero attached hydrogens (tertiary/aromatic N) is 3. The van der Waals surface area contributed by atoms with Gasteiger partial charge in [0.1, 0.15) is 6.17 Å². The molecule has 1 aliphatic rings. The monoisotopic (exact) mass is 538 g/mol. The third-order valence-electron chi connectivity index (χ3n) is 6.24. The molecule has 2 aromatic carbocycles. The van der Waals surface area contributed by atoms with E-state index in [1.165, 1.54) is 12.1 Å². The summed E-state index contributed by atoms with van der Waals surface area (Å²) in [7, 11) is -4.04. The summed E-state index contributed by atoms with van der Waals surface area (Å²) >= 11 is 0. The number of carboxylic acid groups (broad SMARTS) is 1. The summed E-state index contributed by atoms with van der Waals surface area (Å²) in [6, 6.07) is 16.3. The number of hydrogen-bond donors (Lipinski definition) is 4. The van der Waals surface area contributed by atoms with Gasteiger partial charge in [0.25, 0.3) is 5.91 Å². The lowest BCUT2D eigenvalue weighted by Crippen LogP contribution is -2.49. The number of piperidine rings is 1. The first kappa shape index (κ1) is 27.0. The minimum atomic E-state index is -4.04. The molecule has 1 atom stereocenters. The molecular formula is C26H30N6O5S. The number of amides is 1. The van der Waals surface area contributed by atoms with Gasteiger partial charge < -0.3 is 20.6 Å². The summed E-state index contributed by atoms with van der Waals surface area (Å²) in [5.74, 6) is -0.747. The minimum Gasteiger partial charge on any atom is -0.481 e. The molecule has 11 nitrogen and oxygen atoms in total. The molecular weight excluding hydrogens is 508 g/mol. The van der Waals surface area contributed by atoms with E-state index in [2.05, 4.69) is 30.2 Å². The summed E-state index contributed by atoms with van der Waals surface area (Å²) < 4.78 is 27.6. The van der Waals surface area contributed by atoms with Gasteiger partial charge in [-0.2, -0.15) is 4.72 Å². The Morgan fingerprint density at radius 1 is 1.00 bits per heavy atom. The first-order chi connectivity index (χ1) is 18.3. The fourth-order valence-electron chi connectivity index (χ4n) is 4.26. The Hall–Kier alpha value is -4.03. The molecule has 1 unspecified atom stereocenters. The van der Waals surface area contributed by atoms with E-state index in [0.29, 0.717) is 17.4 Å². The SMILES string of the molecule is O=C(O)CC(NC(=O)c1cccc(N2CCC(CNc3ncccn3)CC2)c1)NS(=O)(=O)c1ccccc1. The lowest BCUT2D eigenvalue weighted by Gasteiger charge is -2.34. The molecule has 3 aromatic rings. The summed E-state index contributed by atoms with van der Waals surface area (Å²) in [5.41, 5.74) is 1.18. The van der Waals surface area contributed by atoms with Gasteiger partial charge in [-0.3, -0.25) is 9.59 Å². The lowest BCUT2D eigenvalue weighted by atomic mass is 9.96. The molecule has 1 amide bonds. The third-order valence-corrected chi connectivity index (χ3v) is 7.73. The van der Waals surface area contributed by atoms with Gasteiger partial charge in [0.2, 0.25) is 16.0 Å². The van der Waals surface area contributed by atoms with Crippen molar-refractivity contribution in [2.45, 2.75) is 30.3 Å². The van der Waals surface area contributed by atoms with Gasteiger partial charge in [-0.25, -0.2) is 18.4 Å². The normalized spacial score (nSPS) is 15.0. The van der Waals surface area contributed by atoms with Crippen molar-refractivity contribution >= 4 is 33.5 Å². The van der Waals surface area contributed by atoms with Crippen molar-refractivity contribution in [3.8, 4) is 0 Å². The van der Waals surface area contributed by atoms with Crippen LogP contribution in [0.1, 0.15) is 29.6 Å². The fraction of sp³-hybridized carbons (Fsp3) is 0.308.